The molecule has 0 unspecified atom stereocenters. The number of rotatable bonds is 4. The molecule has 98 valence electrons. The van der Waals surface area contributed by atoms with E-state index < -0.39 is 0 Å². The number of pyridine rings is 1. The van der Waals surface area contributed by atoms with Gasteiger partial charge in [0.2, 0.25) is 0 Å². The molecule has 0 saturated carbocycles. The van der Waals surface area contributed by atoms with E-state index in [1.807, 2.05) is 42.2 Å². The molecule has 3 nitrogen and oxygen atoms in total. The molecular formula is C16H18N2O. The van der Waals surface area contributed by atoms with Gasteiger partial charge in [-0.25, -0.2) is 0 Å². The first-order valence-electron chi connectivity index (χ1n) is 6.50. The average Bonchev–Trinajstić information content (AvgIpc) is 2.49. The van der Waals surface area contributed by atoms with Gasteiger partial charge in [-0.2, -0.15) is 0 Å². The van der Waals surface area contributed by atoms with Crippen LogP contribution in [0.25, 0.3) is 0 Å². The fourth-order valence-electron chi connectivity index (χ4n) is 2.17. The first-order valence-corrected chi connectivity index (χ1v) is 6.50. The first kappa shape index (κ1) is 13.3. The summed E-state index contributed by atoms with van der Waals surface area (Å²) < 4.78 is 0. The molecule has 0 aliphatic heterocycles. The minimum Gasteiger partial charge on any atom is -0.332 e. The highest BCUT2D eigenvalue weighted by molar-refractivity contribution is 5.94. The maximum absolute atomic E-state index is 12.5. The Balaban J connectivity index is 2.23. The van der Waals surface area contributed by atoms with Crippen molar-refractivity contribution < 1.29 is 4.79 Å². The van der Waals surface area contributed by atoms with Crippen molar-refractivity contribution in [2.75, 3.05) is 6.54 Å². The predicted octanol–water partition coefficient (Wildman–Crippen LogP) is 3.30. The molecule has 0 spiro atoms. The molecule has 1 atom stereocenters. The number of hydrogen-bond acceptors (Lipinski definition) is 2. The quantitative estimate of drug-likeness (QED) is 0.838. The van der Waals surface area contributed by atoms with E-state index in [9.17, 15) is 4.79 Å². The zero-order valence-electron chi connectivity index (χ0n) is 11.3. The molecule has 2 aromatic rings. The van der Waals surface area contributed by atoms with Crippen LogP contribution in [0.15, 0.2) is 54.9 Å². The van der Waals surface area contributed by atoms with Gasteiger partial charge >= 0.3 is 0 Å². The van der Waals surface area contributed by atoms with Gasteiger partial charge in [-0.1, -0.05) is 30.3 Å². The van der Waals surface area contributed by atoms with Gasteiger partial charge in [0.05, 0.1) is 6.04 Å². The number of hydrogen-bond donors (Lipinski definition) is 0. The van der Waals surface area contributed by atoms with Gasteiger partial charge in [0.1, 0.15) is 0 Å². The molecule has 0 radical (unpaired) electrons. The third kappa shape index (κ3) is 2.99. The Hall–Kier alpha value is -2.16. The lowest BCUT2D eigenvalue weighted by Crippen LogP contribution is -2.33. The van der Waals surface area contributed by atoms with Crippen molar-refractivity contribution in [3.8, 4) is 0 Å². The van der Waals surface area contributed by atoms with Gasteiger partial charge in [0.15, 0.2) is 0 Å². The molecule has 0 bridgehead atoms. The monoisotopic (exact) mass is 254 g/mol. The highest BCUT2D eigenvalue weighted by Crippen LogP contribution is 2.21. The summed E-state index contributed by atoms with van der Waals surface area (Å²) in [5.74, 6) is 0.0428. The molecule has 0 aliphatic carbocycles. The lowest BCUT2D eigenvalue weighted by atomic mass is 10.1. The van der Waals surface area contributed by atoms with Crippen molar-refractivity contribution in [2.24, 2.45) is 0 Å². The fraction of sp³-hybridized carbons (Fsp3) is 0.250. The van der Waals surface area contributed by atoms with Gasteiger partial charge in [-0.05, 0) is 31.5 Å². The van der Waals surface area contributed by atoms with E-state index in [1.165, 1.54) is 0 Å². The van der Waals surface area contributed by atoms with Crippen molar-refractivity contribution in [1.82, 2.24) is 9.88 Å². The summed E-state index contributed by atoms with van der Waals surface area (Å²) in [5.41, 5.74) is 1.83. The third-order valence-corrected chi connectivity index (χ3v) is 3.28. The zero-order chi connectivity index (χ0) is 13.7. The number of carbonyl (C=O) groups excluding carboxylic acids is 1. The Morgan fingerprint density at radius 3 is 2.37 bits per heavy atom. The second kappa shape index (κ2) is 6.14. The second-order valence-corrected chi connectivity index (χ2v) is 4.41. The second-order valence-electron chi connectivity index (χ2n) is 4.41. The van der Waals surface area contributed by atoms with Crippen LogP contribution in [0.2, 0.25) is 0 Å². The molecule has 1 aromatic carbocycles. The maximum atomic E-state index is 12.5. The van der Waals surface area contributed by atoms with Crippen LogP contribution in [0.5, 0.6) is 0 Å². The largest absolute Gasteiger partial charge is 0.332 e. The normalized spacial score (nSPS) is 11.9. The van der Waals surface area contributed by atoms with Gasteiger partial charge in [0.25, 0.3) is 5.91 Å². The number of carbonyl (C=O) groups is 1. The third-order valence-electron chi connectivity index (χ3n) is 3.28. The van der Waals surface area contributed by atoms with Crippen molar-refractivity contribution in [1.29, 1.82) is 0 Å². The smallest absolute Gasteiger partial charge is 0.254 e. The lowest BCUT2D eigenvalue weighted by Gasteiger charge is -2.28. The molecule has 0 N–H and O–H groups in total. The highest BCUT2D eigenvalue weighted by atomic mass is 16.2. The van der Waals surface area contributed by atoms with Crippen molar-refractivity contribution in [3.63, 3.8) is 0 Å². The molecule has 0 saturated heterocycles. The van der Waals surface area contributed by atoms with E-state index in [2.05, 4.69) is 11.9 Å². The summed E-state index contributed by atoms with van der Waals surface area (Å²) in [7, 11) is 0. The van der Waals surface area contributed by atoms with Gasteiger partial charge in [-0.3, -0.25) is 9.78 Å². The van der Waals surface area contributed by atoms with Gasteiger partial charge in [0, 0.05) is 24.5 Å². The predicted molar refractivity (Wildman–Crippen MR) is 75.8 cm³/mol. The molecule has 0 fully saturated rings. The lowest BCUT2D eigenvalue weighted by molar-refractivity contribution is 0.0702. The molecular weight excluding hydrogens is 236 g/mol. The standard InChI is InChI=1S/C16H18N2O/c1-3-18(13(2)14-7-5-4-6-8-14)16(19)15-9-11-17-12-10-15/h4-13H,3H2,1-2H3/t13-/m0/s1. The summed E-state index contributed by atoms with van der Waals surface area (Å²) in [6.45, 7) is 4.73. The van der Waals surface area contributed by atoms with Gasteiger partial charge < -0.3 is 4.90 Å². The van der Waals surface area contributed by atoms with Gasteiger partial charge in [-0.15, -0.1) is 0 Å². The fourth-order valence-corrected chi connectivity index (χ4v) is 2.17. The summed E-state index contributed by atoms with van der Waals surface area (Å²) in [6.07, 6.45) is 3.29. The Bertz CT molecular complexity index is 525. The van der Waals surface area contributed by atoms with Crippen molar-refractivity contribution in [2.45, 2.75) is 19.9 Å². The van der Waals surface area contributed by atoms with E-state index in [0.717, 1.165) is 5.56 Å². The van der Waals surface area contributed by atoms with E-state index in [-0.39, 0.29) is 11.9 Å². The average molecular weight is 254 g/mol. The Kier molecular flexibility index (Phi) is 4.29. The van der Waals surface area contributed by atoms with Crippen LogP contribution < -0.4 is 0 Å². The van der Waals surface area contributed by atoms with Crippen LogP contribution >= 0.6 is 0 Å². The minimum absolute atomic E-state index is 0.0428. The summed E-state index contributed by atoms with van der Waals surface area (Å²) in [6, 6.07) is 13.6. The van der Waals surface area contributed by atoms with Crippen LogP contribution in [0.3, 0.4) is 0 Å². The Morgan fingerprint density at radius 2 is 1.79 bits per heavy atom. The summed E-state index contributed by atoms with van der Waals surface area (Å²) in [5, 5.41) is 0. The Morgan fingerprint density at radius 1 is 1.16 bits per heavy atom. The Labute approximate surface area is 113 Å². The summed E-state index contributed by atoms with van der Waals surface area (Å²) in [4.78, 5) is 18.3. The molecule has 0 aliphatic rings. The molecule has 1 aromatic heterocycles. The van der Waals surface area contributed by atoms with E-state index >= 15 is 0 Å². The first-order chi connectivity index (χ1) is 9.24. The van der Waals surface area contributed by atoms with E-state index in [1.54, 1.807) is 24.5 Å². The summed E-state index contributed by atoms with van der Waals surface area (Å²) >= 11 is 0. The van der Waals surface area contributed by atoms with Crippen LogP contribution in [-0.4, -0.2) is 22.3 Å². The topological polar surface area (TPSA) is 33.2 Å². The number of benzene rings is 1. The number of nitrogens with zero attached hydrogens (tertiary/aromatic N) is 2. The zero-order valence-corrected chi connectivity index (χ0v) is 11.3. The minimum atomic E-state index is 0.0428. The van der Waals surface area contributed by atoms with Crippen molar-refractivity contribution in [3.05, 3.63) is 66.0 Å². The van der Waals surface area contributed by atoms with Crippen molar-refractivity contribution >= 4 is 5.91 Å². The molecule has 1 heterocycles. The van der Waals surface area contributed by atoms with Crippen LogP contribution in [0.4, 0.5) is 0 Å². The highest BCUT2D eigenvalue weighted by Gasteiger charge is 2.20. The van der Waals surface area contributed by atoms with E-state index in [0.29, 0.717) is 12.1 Å². The molecule has 3 heteroatoms. The van der Waals surface area contributed by atoms with E-state index in [4.69, 9.17) is 0 Å². The maximum Gasteiger partial charge on any atom is 0.254 e. The molecule has 2 rings (SSSR count). The van der Waals surface area contributed by atoms with Crippen LogP contribution in [0, 0.1) is 0 Å². The molecule has 1 amide bonds. The van der Waals surface area contributed by atoms with Crippen LogP contribution in [0.1, 0.15) is 35.8 Å². The number of aromatic nitrogens is 1. The molecule has 19 heavy (non-hydrogen) atoms. The van der Waals surface area contributed by atoms with Crippen LogP contribution in [-0.2, 0) is 0 Å². The SMILES string of the molecule is CCN(C(=O)c1ccncc1)[C@@H](C)c1ccccc1. The number of amides is 1.